The molecule has 1 saturated carbocycles. The van der Waals surface area contributed by atoms with Crippen molar-refractivity contribution in [1.29, 1.82) is 0 Å². The van der Waals surface area contributed by atoms with Gasteiger partial charge < -0.3 is 15.2 Å². The second-order valence-electron chi connectivity index (χ2n) is 6.71. The highest BCUT2D eigenvalue weighted by atomic mass is 16.5. The van der Waals surface area contributed by atoms with Crippen LogP contribution < -0.4 is 10.1 Å². The Morgan fingerprint density at radius 2 is 1.86 bits per heavy atom. The molecule has 21 heavy (non-hydrogen) atoms. The number of rotatable bonds is 8. The molecular weight excluding hydrogens is 262 g/mol. The van der Waals surface area contributed by atoms with Gasteiger partial charge in [0.05, 0.1) is 12.2 Å². The molecule has 0 atom stereocenters. The van der Waals surface area contributed by atoms with Crippen LogP contribution in [0.3, 0.4) is 0 Å². The fourth-order valence-corrected chi connectivity index (χ4v) is 2.77. The van der Waals surface area contributed by atoms with E-state index in [-0.39, 0.29) is 0 Å². The number of aliphatic hydroxyl groups is 1. The number of ether oxygens (including phenoxy) is 1. The van der Waals surface area contributed by atoms with E-state index < -0.39 is 5.60 Å². The summed E-state index contributed by atoms with van der Waals surface area (Å²) in [7, 11) is 0. The molecule has 3 nitrogen and oxygen atoms in total. The van der Waals surface area contributed by atoms with Crippen LogP contribution in [0, 0.1) is 5.92 Å². The third kappa shape index (κ3) is 5.68. The van der Waals surface area contributed by atoms with Crippen LogP contribution in [0.5, 0.6) is 5.75 Å². The maximum Gasteiger partial charge on any atom is 0.119 e. The van der Waals surface area contributed by atoms with Gasteiger partial charge in [-0.2, -0.15) is 0 Å². The Balaban J connectivity index is 1.69. The quantitative estimate of drug-likeness (QED) is 0.770. The summed E-state index contributed by atoms with van der Waals surface area (Å²) in [6.45, 7) is 6.68. The third-order valence-corrected chi connectivity index (χ3v) is 4.20. The van der Waals surface area contributed by atoms with Crippen molar-refractivity contribution < 1.29 is 9.84 Å². The molecule has 1 fully saturated rings. The van der Waals surface area contributed by atoms with Crippen molar-refractivity contribution in [3.8, 4) is 5.75 Å². The van der Waals surface area contributed by atoms with Gasteiger partial charge >= 0.3 is 0 Å². The van der Waals surface area contributed by atoms with Crippen molar-refractivity contribution in [3.63, 3.8) is 0 Å². The molecule has 0 radical (unpaired) electrons. The van der Waals surface area contributed by atoms with Gasteiger partial charge in [0.1, 0.15) is 5.75 Å². The van der Waals surface area contributed by atoms with E-state index in [1.54, 1.807) is 0 Å². The zero-order valence-electron chi connectivity index (χ0n) is 13.4. The molecule has 2 N–H and O–H groups in total. The van der Waals surface area contributed by atoms with Crippen molar-refractivity contribution in [3.05, 3.63) is 29.8 Å². The van der Waals surface area contributed by atoms with Gasteiger partial charge in [-0.15, -0.1) is 0 Å². The highest BCUT2D eigenvalue weighted by Gasteiger charge is 2.30. The van der Waals surface area contributed by atoms with Gasteiger partial charge in [-0.1, -0.05) is 38.8 Å². The van der Waals surface area contributed by atoms with E-state index in [1.165, 1.54) is 5.56 Å². The molecule has 2 rings (SSSR count). The lowest BCUT2D eigenvalue weighted by Gasteiger charge is -2.22. The van der Waals surface area contributed by atoms with Crippen LogP contribution in [0.2, 0.25) is 0 Å². The molecule has 0 heterocycles. The summed E-state index contributed by atoms with van der Waals surface area (Å²) in [6.07, 6.45) is 5.26. The maximum absolute atomic E-state index is 10.3. The summed E-state index contributed by atoms with van der Waals surface area (Å²) >= 11 is 0. The molecule has 0 saturated heterocycles. The van der Waals surface area contributed by atoms with Gasteiger partial charge in [0.15, 0.2) is 0 Å². The Morgan fingerprint density at radius 3 is 2.48 bits per heavy atom. The first kappa shape index (κ1) is 16.3. The molecule has 0 unspecified atom stereocenters. The van der Waals surface area contributed by atoms with Gasteiger partial charge in [0, 0.05) is 13.1 Å². The minimum atomic E-state index is -0.472. The Kier molecular flexibility index (Phi) is 6.07. The highest BCUT2D eigenvalue weighted by molar-refractivity contribution is 5.27. The van der Waals surface area contributed by atoms with Crippen LogP contribution in [0.1, 0.15) is 51.5 Å². The van der Waals surface area contributed by atoms with Gasteiger partial charge in [-0.05, 0) is 42.9 Å². The summed E-state index contributed by atoms with van der Waals surface area (Å²) < 4.78 is 5.71. The van der Waals surface area contributed by atoms with Crippen LogP contribution in [0.25, 0.3) is 0 Å². The molecule has 0 aromatic heterocycles. The second-order valence-corrected chi connectivity index (χ2v) is 6.71. The van der Waals surface area contributed by atoms with Gasteiger partial charge in [-0.3, -0.25) is 0 Å². The maximum atomic E-state index is 10.3. The lowest BCUT2D eigenvalue weighted by molar-refractivity contribution is 0.0475. The summed E-state index contributed by atoms with van der Waals surface area (Å²) in [5, 5.41) is 13.6. The summed E-state index contributed by atoms with van der Waals surface area (Å²) in [6, 6.07) is 8.25. The van der Waals surface area contributed by atoms with Crippen LogP contribution in [-0.4, -0.2) is 23.9 Å². The molecule has 1 aromatic carbocycles. The minimum absolute atomic E-state index is 0.472. The minimum Gasteiger partial charge on any atom is -0.494 e. The van der Waals surface area contributed by atoms with Crippen molar-refractivity contribution >= 4 is 0 Å². The fraction of sp³-hybridized carbons (Fsp3) is 0.667. The first-order chi connectivity index (χ1) is 10.1. The number of hydrogen-bond acceptors (Lipinski definition) is 3. The van der Waals surface area contributed by atoms with E-state index in [0.29, 0.717) is 12.5 Å². The van der Waals surface area contributed by atoms with Crippen molar-refractivity contribution in [2.45, 2.75) is 58.1 Å². The molecule has 0 spiro atoms. The zero-order valence-corrected chi connectivity index (χ0v) is 13.4. The molecule has 1 aromatic rings. The van der Waals surface area contributed by atoms with E-state index in [4.69, 9.17) is 4.74 Å². The van der Waals surface area contributed by atoms with E-state index in [9.17, 15) is 5.11 Å². The smallest absolute Gasteiger partial charge is 0.119 e. The first-order valence-electron chi connectivity index (χ1n) is 8.22. The third-order valence-electron chi connectivity index (χ3n) is 4.20. The Bertz CT molecular complexity index is 408. The second kappa shape index (κ2) is 7.81. The summed E-state index contributed by atoms with van der Waals surface area (Å²) in [4.78, 5) is 0. The Labute approximate surface area is 128 Å². The van der Waals surface area contributed by atoms with Crippen molar-refractivity contribution in [2.24, 2.45) is 5.92 Å². The lowest BCUT2D eigenvalue weighted by Crippen LogP contribution is -2.37. The average molecular weight is 291 g/mol. The average Bonchev–Trinajstić information content (AvgIpc) is 2.87. The van der Waals surface area contributed by atoms with Gasteiger partial charge in [0.25, 0.3) is 0 Å². The number of nitrogens with one attached hydrogen (secondary N) is 1. The largest absolute Gasteiger partial charge is 0.494 e. The predicted molar refractivity (Wildman–Crippen MR) is 86.5 cm³/mol. The standard InChI is InChI=1S/C18H29NO2/c1-15(2)9-12-21-17-7-5-16(6-8-17)13-19-14-18(20)10-3-4-11-18/h5-8,15,19-20H,3-4,9-14H2,1-2H3. The highest BCUT2D eigenvalue weighted by Crippen LogP contribution is 2.28. The Hall–Kier alpha value is -1.06. The number of benzene rings is 1. The van der Waals surface area contributed by atoms with Crippen molar-refractivity contribution in [1.82, 2.24) is 5.32 Å². The van der Waals surface area contributed by atoms with Crippen LogP contribution >= 0.6 is 0 Å². The molecule has 1 aliphatic carbocycles. The van der Waals surface area contributed by atoms with Crippen molar-refractivity contribution in [2.75, 3.05) is 13.2 Å². The molecule has 1 aliphatic rings. The van der Waals surface area contributed by atoms with E-state index in [0.717, 1.165) is 51.0 Å². The molecular formula is C18H29NO2. The molecule has 3 heteroatoms. The lowest BCUT2D eigenvalue weighted by atomic mass is 10.0. The molecule has 118 valence electrons. The van der Waals surface area contributed by atoms with Crippen LogP contribution in [0.15, 0.2) is 24.3 Å². The first-order valence-corrected chi connectivity index (χ1v) is 8.22. The predicted octanol–water partition coefficient (Wildman–Crippen LogP) is 3.51. The van der Waals surface area contributed by atoms with E-state index in [1.807, 2.05) is 12.1 Å². The Morgan fingerprint density at radius 1 is 1.19 bits per heavy atom. The van der Waals surface area contributed by atoms with Gasteiger partial charge in [-0.25, -0.2) is 0 Å². The summed E-state index contributed by atoms with van der Waals surface area (Å²) in [5.74, 6) is 1.61. The van der Waals surface area contributed by atoms with E-state index >= 15 is 0 Å². The molecule has 0 amide bonds. The summed E-state index contributed by atoms with van der Waals surface area (Å²) in [5.41, 5.74) is 0.757. The number of hydrogen-bond donors (Lipinski definition) is 2. The van der Waals surface area contributed by atoms with E-state index in [2.05, 4.69) is 31.3 Å². The van der Waals surface area contributed by atoms with Crippen LogP contribution in [-0.2, 0) is 6.54 Å². The fourth-order valence-electron chi connectivity index (χ4n) is 2.77. The van der Waals surface area contributed by atoms with Crippen LogP contribution in [0.4, 0.5) is 0 Å². The topological polar surface area (TPSA) is 41.5 Å². The van der Waals surface area contributed by atoms with Gasteiger partial charge in [0.2, 0.25) is 0 Å². The SMILES string of the molecule is CC(C)CCOc1ccc(CNCC2(O)CCCC2)cc1. The normalized spacial score (nSPS) is 17.3. The molecule has 0 aliphatic heterocycles. The monoisotopic (exact) mass is 291 g/mol. The molecule has 0 bridgehead atoms. The zero-order chi connectivity index (χ0) is 15.1.